The molecule has 0 radical (unpaired) electrons. The van der Waals surface area contributed by atoms with Gasteiger partial charge in [-0.2, -0.15) is 0 Å². The van der Waals surface area contributed by atoms with Gasteiger partial charge in [-0.05, 0) is 44.7 Å². The Morgan fingerprint density at radius 1 is 1.19 bits per heavy atom. The standard InChI is InChI=1S/C17H20N2S.ClH/c1-19-14-8-5-10-17(19,11-9-14)16-18-12-15(20-16)13-6-3-2-4-7-13;/h2-4,6-7,12,14H,5,8-11H2,1H3;1H/t14-,17+;/m1./s1. The average Bonchev–Trinajstić information content (AvgIpc) is 3.02. The fourth-order valence-electron chi connectivity index (χ4n) is 3.98. The van der Waals surface area contributed by atoms with Gasteiger partial charge in [0.2, 0.25) is 0 Å². The lowest BCUT2D eigenvalue weighted by Gasteiger charge is -2.41. The summed E-state index contributed by atoms with van der Waals surface area (Å²) in [6.45, 7) is 0. The second kappa shape index (κ2) is 5.71. The van der Waals surface area contributed by atoms with E-state index in [1.807, 2.05) is 11.3 Å². The normalized spacial score (nSPS) is 28.3. The molecule has 2 aromatic rings. The van der Waals surface area contributed by atoms with E-state index in [1.165, 1.54) is 47.6 Å². The van der Waals surface area contributed by atoms with Crippen molar-refractivity contribution in [3.05, 3.63) is 41.5 Å². The Bertz CT molecular complexity index is 608. The van der Waals surface area contributed by atoms with Crippen LogP contribution in [0.15, 0.2) is 36.5 Å². The van der Waals surface area contributed by atoms with E-state index < -0.39 is 0 Å². The van der Waals surface area contributed by atoms with E-state index >= 15 is 0 Å². The van der Waals surface area contributed by atoms with Crippen LogP contribution in [-0.4, -0.2) is 23.0 Å². The zero-order valence-corrected chi connectivity index (χ0v) is 13.9. The summed E-state index contributed by atoms with van der Waals surface area (Å²) in [6, 6.07) is 11.4. The highest BCUT2D eigenvalue weighted by Gasteiger charge is 2.49. The molecular formula is C17H21ClN2S. The number of hydrogen-bond donors (Lipinski definition) is 0. The minimum atomic E-state index is 0. The number of aromatic nitrogens is 1. The zero-order valence-electron chi connectivity index (χ0n) is 12.3. The molecule has 0 aliphatic carbocycles. The Hall–Kier alpha value is -0.900. The highest BCUT2D eigenvalue weighted by atomic mass is 35.5. The van der Waals surface area contributed by atoms with E-state index in [9.17, 15) is 0 Å². The molecule has 2 aliphatic heterocycles. The lowest BCUT2D eigenvalue weighted by molar-refractivity contribution is 0.0803. The molecule has 2 bridgehead atoms. The molecule has 1 aromatic heterocycles. The van der Waals surface area contributed by atoms with Crippen molar-refractivity contribution in [2.24, 2.45) is 0 Å². The van der Waals surface area contributed by atoms with Gasteiger partial charge in [-0.3, -0.25) is 4.90 Å². The maximum absolute atomic E-state index is 4.81. The van der Waals surface area contributed by atoms with Gasteiger partial charge in [0.15, 0.2) is 0 Å². The molecule has 1 aromatic carbocycles. The van der Waals surface area contributed by atoms with Gasteiger partial charge in [-0.15, -0.1) is 23.7 Å². The van der Waals surface area contributed by atoms with Crippen LogP contribution in [0.2, 0.25) is 0 Å². The zero-order chi connectivity index (χ0) is 13.6. The number of fused-ring (bicyclic) bond motifs is 2. The minimum absolute atomic E-state index is 0. The molecule has 2 atom stereocenters. The van der Waals surface area contributed by atoms with Gasteiger partial charge in [-0.1, -0.05) is 30.3 Å². The highest BCUT2D eigenvalue weighted by molar-refractivity contribution is 7.15. The van der Waals surface area contributed by atoms with Crippen LogP contribution < -0.4 is 0 Å². The maximum Gasteiger partial charge on any atom is 0.113 e. The van der Waals surface area contributed by atoms with Crippen LogP contribution in [0, 0.1) is 0 Å². The van der Waals surface area contributed by atoms with Crippen LogP contribution in [0.1, 0.15) is 37.1 Å². The lowest BCUT2D eigenvalue weighted by atomic mass is 9.89. The predicted molar refractivity (Wildman–Crippen MR) is 91.1 cm³/mol. The fourth-order valence-corrected chi connectivity index (χ4v) is 5.20. The molecule has 2 nitrogen and oxygen atoms in total. The number of rotatable bonds is 2. The Morgan fingerprint density at radius 2 is 2.00 bits per heavy atom. The van der Waals surface area contributed by atoms with Crippen LogP contribution in [0.4, 0.5) is 0 Å². The largest absolute Gasteiger partial charge is 0.292 e. The topological polar surface area (TPSA) is 16.1 Å². The first-order valence-corrected chi connectivity index (χ1v) is 8.36. The monoisotopic (exact) mass is 320 g/mol. The average molecular weight is 321 g/mol. The predicted octanol–water partition coefficient (Wildman–Crippen LogP) is 4.71. The van der Waals surface area contributed by atoms with Gasteiger partial charge >= 0.3 is 0 Å². The van der Waals surface area contributed by atoms with Crippen molar-refractivity contribution in [3.8, 4) is 10.4 Å². The molecule has 2 saturated heterocycles. The summed E-state index contributed by atoms with van der Waals surface area (Å²) < 4.78 is 0. The minimum Gasteiger partial charge on any atom is -0.292 e. The van der Waals surface area contributed by atoms with Crippen LogP contribution in [0.25, 0.3) is 10.4 Å². The molecule has 4 heteroatoms. The van der Waals surface area contributed by atoms with Crippen molar-refractivity contribution in [1.82, 2.24) is 9.88 Å². The first kappa shape index (κ1) is 15.0. The molecule has 0 unspecified atom stereocenters. The number of benzene rings is 1. The van der Waals surface area contributed by atoms with E-state index in [0.29, 0.717) is 0 Å². The van der Waals surface area contributed by atoms with Crippen molar-refractivity contribution in [3.63, 3.8) is 0 Å². The molecule has 3 heterocycles. The fraction of sp³-hybridized carbons (Fsp3) is 0.471. The number of halogens is 1. The van der Waals surface area contributed by atoms with Crippen LogP contribution in [0.5, 0.6) is 0 Å². The molecular weight excluding hydrogens is 300 g/mol. The molecule has 2 fully saturated rings. The van der Waals surface area contributed by atoms with Gasteiger partial charge in [0.25, 0.3) is 0 Å². The van der Waals surface area contributed by atoms with Crippen molar-refractivity contribution < 1.29 is 0 Å². The summed E-state index contributed by atoms with van der Waals surface area (Å²) >= 11 is 1.89. The van der Waals surface area contributed by atoms with Gasteiger partial charge in [0, 0.05) is 12.2 Å². The number of thiazole rings is 1. The molecule has 21 heavy (non-hydrogen) atoms. The van der Waals surface area contributed by atoms with Gasteiger partial charge in [0.1, 0.15) is 5.01 Å². The smallest absolute Gasteiger partial charge is 0.113 e. The van der Waals surface area contributed by atoms with Gasteiger partial charge in [0.05, 0.1) is 10.4 Å². The van der Waals surface area contributed by atoms with Crippen LogP contribution in [-0.2, 0) is 5.54 Å². The third kappa shape index (κ3) is 2.32. The maximum atomic E-state index is 4.81. The number of nitrogens with zero attached hydrogens (tertiary/aromatic N) is 2. The second-order valence-electron chi connectivity index (χ2n) is 6.12. The molecule has 112 valence electrons. The van der Waals surface area contributed by atoms with E-state index in [1.54, 1.807) is 0 Å². The molecule has 4 rings (SSSR count). The van der Waals surface area contributed by atoms with Crippen molar-refractivity contribution >= 4 is 23.7 Å². The van der Waals surface area contributed by atoms with Crippen molar-refractivity contribution in [1.29, 1.82) is 0 Å². The molecule has 0 amide bonds. The molecule has 0 saturated carbocycles. The van der Waals surface area contributed by atoms with Crippen molar-refractivity contribution in [2.45, 2.75) is 43.7 Å². The van der Waals surface area contributed by atoms with Crippen LogP contribution >= 0.6 is 23.7 Å². The molecule has 2 aliphatic rings. The summed E-state index contributed by atoms with van der Waals surface area (Å²) in [5.74, 6) is 0. The molecule has 0 N–H and O–H groups in total. The quantitative estimate of drug-likeness (QED) is 0.797. The van der Waals surface area contributed by atoms with E-state index in [0.717, 1.165) is 6.04 Å². The van der Waals surface area contributed by atoms with Crippen molar-refractivity contribution in [2.75, 3.05) is 7.05 Å². The summed E-state index contributed by atoms with van der Waals surface area (Å²) in [7, 11) is 2.31. The summed E-state index contributed by atoms with van der Waals surface area (Å²) in [4.78, 5) is 8.73. The van der Waals surface area contributed by atoms with Crippen LogP contribution in [0.3, 0.4) is 0 Å². The van der Waals surface area contributed by atoms with E-state index in [4.69, 9.17) is 4.98 Å². The van der Waals surface area contributed by atoms with E-state index in [2.05, 4.69) is 48.5 Å². The highest BCUT2D eigenvalue weighted by Crippen LogP contribution is 2.51. The van der Waals surface area contributed by atoms with Gasteiger partial charge in [-0.25, -0.2) is 4.98 Å². The Balaban J connectivity index is 0.00000132. The third-order valence-corrected chi connectivity index (χ3v) is 6.44. The Morgan fingerprint density at radius 3 is 2.81 bits per heavy atom. The Labute approximate surface area is 136 Å². The Kier molecular flexibility index (Phi) is 4.08. The van der Waals surface area contributed by atoms with E-state index in [-0.39, 0.29) is 17.9 Å². The molecule has 0 spiro atoms. The first-order valence-electron chi connectivity index (χ1n) is 7.54. The first-order chi connectivity index (χ1) is 9.79. The summed E-state index contributed by atoms with van der Waals surface area (Å²) in [5.41, 5.74) is 1.53. The SMILES string of the molecule is CN1[C@@H]2CCC[C@@]1(c1ncc(-c3ccccc3)s1)CC2.Cl. The summed E-state index contributed by atoms with van der Waals surface area (Å²) in [5, 5.41) is 1.33. The number of piperidine rings is 1. The summed E-state index contributed by atoms with van der Waals surface area (Å²) in [6.07, 6.45) is 8.71. The second-order valence-corrected chi connectivity index (χ2v) is 7.15. The third-order valence-electron chi connectivity index (χ3n) is 5.20. The lowest BCUT2D eigenvalue weighted by Crippen LogP contribution is -2.45. The number of hydrogen-bond acceptors (Lipinski definition) is 3. The van der Waals surface area contributed by atoms with Gasteiger partial charge < -0.3 is 0 Å².